The summed E-state index contributed by atoms with van der Waals surface area (Å²) in [6.45, 7) is 0. The summed E-state index contributed by atoms with van der Waals surface area (Å²) in [5.41, 5.74) is 0.0201. The Morgan fingerprint density at radius 3 is 2.63 bits per heavy atom. The van der Waals surface area contributed by atoms with Crippen LogP contribution in [0.15, 0.2) is 34.7 Å². The molecule has 0 aliphatic carbocycles. The minimum Gasteiger partial charge on any atom is -0.404 e. The van der Waals surface area contributed by atoms with Crippen LogP contribution in [0.1, 0.15) is 17.4 Å². The molecule has 100 valence electrons. The highest BCUT2D eigenvalue weighted by molar-refractivity contribution is 5.31. The second-order valence-corrected chi connectivity index (χ2v) is 3.82. The van der Waals surface area contributed by atoms with Gasteiger partial charge in [-0.25, -0.2) is 8.78 Å². The number of rotatable bonds is 4. The maximum absolute atomic E-state index is 13.7. The molecule has 0 saturated carbocycles. The Labute approximate surface area is 107 Å². The minimum atomic E-state index is -0.801. The van der Waals surface area contributed by atoms with Crippen molar-refractivity contribution in [2.45, 2.75) is 6.04 Å². The van der Waals surface area contributed by atoms with Gasteiger partial charge in [-0.1, -0.05) is 0 Å². The third-order valence-corrected chi connectivity index (χ3v) is 2.63. The maximum Gasteiger partial charge on any atom is 0.433 e. The summed E-state index contributed by atoms with van der Waals surface area (Å²) in [6, 6.07) is 4.72. The Balaban J connectivity index is 2.43. The lowest BCUT2D eigenvalue weighted by molar-refractivity contribution is -0.402. The molecule has 2 rings (SSSR count). The first-order chi connectivity index (χ1) is 9.02. The molecule has 7 heteroatoms. The van der Waals surface area contributed by atoms with Gasteiger partial charge in [-0.15, -0.1) is 0 Å². The lowest BCUT2D eigenvalue weighted by Gasteiger charge is -2.14. The number of nitrogens with zero attached hydrogens (tertiary/aromatic N) is 1. The van der Waals surface area contributed by atoms with Gasteiger partial charge in [0.2, 0.25) is 0 Å². The fourth-order valence-electron chi connectivity index (χ4n) is 1.78. The quantitative estimate of drug-likeness (QED) is 0.683. The average Bonchev–Trinajstić information content (AvgIpc) is 2.84. The van der Waals surface area contributed by atoms with Crippen molar-refractivity contribution < 1.29 is 18.1 Å². The second-order valence-electron chi connectivity index (χ2n) is 3.82. The van der Waals surface area contributed by atoms with E-state index in [-0.39, 0.29) is 11.3 Å². The number of hydrogen-bond donors (Lipinski definition) is 1. The Bertz CT molecular complexity index is 613. The Kier molecular flexibility index (Phi) is 3.57. The third kappa shape index (κ3) is 2.60. The molecule has 1 aromatic heterocycles. The van der Waals surface area contributed by atoms with Crippen molar-refractivity contribution in [3.05, 3.63) is 63.4 Å². The van der Waals surface area contributed by atoms with Crippen LogP contribution >= 0.6 is 0 Å². The van der Waals surface area contributed by atoms with Crippen LogP contribution in [-0.4, -0.2) is 12.0 Å². The summed E-state index contributed by atoms with van der Waals surface area (Å²) in [5, 5.41) is 13.3. The smallest absolute Gasteiger partial charge is 0.404 e. The SMILES string of the molecule is CNC(c1ccc([N+](=O)[O-])o1)c1cc(F)ccc1F. The molecule has 1 unspecified atom stereocenters. The maximum atomic E-state index is 13.7. The van der Waals surface area contributed by atoms with Crippen molar-refractivity contribution in [1.82, 2.24) is 5.32 Å². The zero-order valence-electron chi connectivity index (χ0n) is 9.89. The number of furan rings is 1. The Hall–Kier alpha value is -2.28. The molecule has 1 atom stereocenters. The molecule has 2 aromatic rings. The van der Waals surface area contributed by atoms with E-state index in [1.807, 2.05) is 0 Å². The van der Waals surface area contributed by atoms with Crippen LogP contribution in [0.3, 0.4) is 0 Å². The summed E-state index contributed by atoms with van der Waals surface area (Å²) in [5.74, 6) is -1.54. The number of halogens is 2. The Morgan fingerprint density at radius 1 is 1.32 bits per heavy atom. The summed E-state index contributed by atoms with van der Waals surface area (Å²) in [6.07, 6.45) is 0. The molecule has 1 N–H and O–H groups in total. The van der Waals surface area contributed by atoms with E-state index in [9.17, 15) is 18.9 Å². The van der Waals surface area contributed by atoms with Gasteiger partial charge in [0, 0.05) is 5.56 Å². The summed E-state index contributed by atoms with van der Waals surface area (Å²) < 4.78 is 31.8. The van der Waals surface area contributed by atoms with Gasteiger partial charge in [0.1, 0.15) is 22.3 Å². The predicted molar refractivity (Wildman–Crippen MR) is 62.6 cm³/mol. The number of nitrogens with one attached hydrogen (secondary N) is 1. The molecule has 1 heterocycles. The molecule has 0 spiro atoms. The molecule has 0 amide bonds. The highest BCUT2D eigenvalue weighted by atomic mass is 19.1. The van der Waals surface area contributed by atoms with Crippen molar-refractivity contribution in [3.8, 4) is 0 Å². The molecule has 5 nitrogen and oxygen atoms in total. The summed E-state index contributed by atoms with van der Waals surface area (Å²) in [7, 11) is 1.52. The van der Waals surface area contributed by atoms with Crippen LogP contribution in [0.4, 0.5) is 14.7 Å². The van der Waals surface area contributed by atoms with Gasteiger partial charge in [-0.3, -0.25) is 10.1 Å². The van der Waals surface area contributed by atoms with E-state index in [0.717, 1.165) is 24.3 Å². The monoisotopic (exact) mass is 268 g/mol. The van der Waals surface area contributed by atoms with Crippen molar-refractivity contribution in [2.75, 3.05) is 7.05 Å². The van der Waals surface area contributed by atoms with Crippen LogP contribution in [0, 0.1) is 21.7 Å². The van der Waals surface area contributed by atoms with E-state index in [1.165, 1.54) is 13.1 Å². The van der Waals surface area contributed by atoms with Crippen LogP contribution in [-0.2, 0) is 0 Å². The van der Waals surface area contributed by atoms with Gasteiger partial charge >= 0.3 is 5.88 Å². The normalized spacial score (nSPS) is 12.4. The molecular weight excluding hydrogens is 258 g/mol. The zero-order chi connectivity index (χ0) is 14.0. The third-order valence-electron chi connectivity index (χ3n) is 2.63. The van der Waals surface area contributed by atoms with E-state index in [1.54, 1.807) is 0 Å². The summed E-state index contributed by atoms with van der Waals surface area (Å²) >= 11 is 0. The van der Waals surface area contributed by atoms with Crippen LogP contribution in [0.25, 0.3) is 0 Å². The molecule has 0 bridgehead atoms. The van der Waals surface area contributed by atoms with Crippen LogP contribution < -0.4 is 5.32 Å². The van der Waals surface area contributed by atoms with Gasteiger partial charge < -0.3 is 9.73 Å². The summed E-state index contributed by atoms with van der Waals surface area (Å²) in [4.78, 5) is 9.84. The Morgan fingerprint density at radius 2 is 2.05 bits per heavy atom. The molecule has 0 radical (unpaired) electrons. The highest BCUT2D eigenvalue weighted by Crippen LogP contribution is 2.28. The van der Waals surface area contributed by atoms with Crippen LogP contribution in [0.2, 0.25) is 0 Å². The van der Waals surface area contributed by atoms with Gasteiger partial charge in [-0.05, 0) is 31.3 Å². The first-order valence-corrected chi connectivity index (χ1v) is 5.39. The molecular formula is C12H10F2N2O3. The molecule has 0 saturated heterocycles. The van der Waals surface area contributed by atoms with E-state index >= 15 is 0 Å². The van der Waals surface area contributed by atoms with Crippen molar-refractivity contribution in [2.24, 2.45) is 0 Å². The van der Waals surface area contributed by atoms with Crippen molar-refractivity contribution in [1.29, 1.82) is 0 Å². The standard InChI is InChI=1S/C12H10F2N2O3/c1-15-12(8-6-7(13)2-3-9(8)14)10-4-5-11(19-10)16(17)18/h2-6,12,15H,1H3. The fourth-order valence-corrected chi connectivity index (χ4v) is 1.78. The number of benzene rings is 1. The largest absolute Gasteiger partial charge is 0.433 e. The van der Waals surface area contributed by atoms with E-state index in [2.05, 4.69) is 5.32 Å². The predicted octanol–water partition coefficient (Wildman–Crippen LogP) is 2.77. The molecule has 0 aliphatic heterocycles. The lowest BCUT2D eigenvalue weighted by Crippen LogP contribution is -2.18. The van der Waals surface area contributed by atoms with E-state index in [0.29, 0.717) is 0 Å². The first-order valence-electron chi connectivity index (χ1n) is 5.39. The van der Waals surface area contributed by atoms with Crippen molar-refractivity contribution >= 4 is 5.88 Å². The van der Waals surface area contributed by atoms with Gasteiger partial charge in [-0.2, -0.15) is 0 Å². The van der Waals surface area contributed by atoms with Gasteiger partial charge in [0.05, 0.1) is 12.1 Å². The minimum absolute atomic E-state index is 0.0201. The number of nitro groups is 1. The van der Waals surface area contributed by atoms with E-state index < -0.39 is 28.5 Å². The molecule has 0 fully saturated rings. The average molecular weight is 268 g/mol. The topological polar surface area (TPSA) is 68.3 Å². The van der Waals surface area contributed by atoms with Gasteiger partial charge in [0.15, 0.2) is 0 Å². The van der Waals surface area contributed by atoms with Gasteiger partial charge in [0.25, 0.3) is 0 Å². The van der Waals surface area contributed by atoms with Crippen LogP contribution in [0.5, 0.6) is 0 Å². The zero-order valence-corrected chi connectivity index (χ0v) is 9.89. The van der Waals surface area contributed by atoms with Crippen molar-refractivity contribution in [3.63, 3.8) is 0 Å². The molecule has 19 heavy (non-hydrogen) atoms. The lowest BCUT2D eigenvalue weighted by atomic mass is 10.0. The number of hydrogen-bond acceptors (Lipinski definition) is 4. The molecule has 0 aliphatic rings. The molecule has 1 aromatic carbocycles. The van der Waals surface area contributed by atoms with E-state index in [4.69, 9.17) is 4.42 Å². The second kappa shape index (κ2) is 5.15. The highest BCUT2D eigenvalue weighted by Gasteiger charge is 2.23. The fraction of sp³-hybridized carbons (Fsp3) is 0.167. The first kappa shape index (κ1) is 13.2.